The largest absolute Gasteiger partial charge is 0.459 e. The average molecular weight is 679 g/mol. The molecule has 0 heterocycles. The van der Waals surface area contributed by atoms with Crippen molar-refractivity contribution in [2.45, 2.75) is 25.0 Å². The van der Waals surface area contributed by atoms with E-state index in [2.05, 4.69) is 21.3 Å². The molecule has 12 heteroatoms. The highest BCUT2D eigenvalue weighted by Crippen LogP contribution is 2.44. The lowest BCUT2D eigenvalue weighted by atomic mass is 9.98. The summed E-state index contributed by atoms with van der Waals surface area (Å²) in [6.07, 6.45) is -0.604. The number of nitrogens with one attached hydrogen (secondary N) is 4. The van der Waals surface area contributed by atoms with Crippen LogP contribution in [0.25, 0.3) is 11.1 Å². The van der Waals surface area contributed by atoms with Gasteiger partial charge in [0.2, 0.25) is 17.7 Å². The topological polar surface area (TPSA) is 161 Å². The van der Waals surface area contributed by atoms with Gasteiger partial charge in [0.1, 0.15) is 39.1 Å². The Labute approximate surface area is 289 Å². The first-order valence-corrected chi connectivity index (χ1v) is 16.1. The molecule has 4 aromatic carbocycles. The molecule has 50 heavy (non-hydrogen) atoms. The summed E-state index contributed by atoms with van der Waals surface area (Å²) < 4.78 is 15.8. The molecule has 4 aromatic rings. The maximum atomic E-state index is 13.0. The fraction of sp³-hybridized carbons (Fsp3) is 0.237. The second-order valence-electron chi connectivity index (χ2n) is 11.4. The highest BCUT2D eigenvalue weighted by atomic mass is 16.6. The number of fused-ring (bicyclic) bond motifs is 3. The number of amides is 4. The summed E-state index contributed by atoms with van der Waals surface area (Å²) in [5, 5.41) is 10.00. The van der Waals surface area contributed by atoms with Crippen LogP contribution in [0, 0.1) is 0 Å². The molecule has 4 N–H and O–H groups in total. The highest BCUT2D eigenvalue weighted by Gasteiger charge is 2.29. The van der Waals surface area contributed by atoms with Crippen molar-refractivity contribution in [3.05, 3.63) is 131 Å². The molecular weight excluding hydrogens is 640 g/mol. The van der Waals surface area contributed by atoms with Crippen LogP contribution in [0.3, 0.4) is 0 Å². The molecule has 1 aliphatic carbocycles. The first-order valence-electron chi connectivity index (χ1n) is 16.1. The number of hydrogen-bond donors (Lipinski definition) is 4. The van der Waals surface area contributed by atoms with E-state index in [0.717, 1.165) is 33.4 Å². The number of benzene rings is 4. The molecule has 0 radical (unpaired) electrons. The Hall–Kier alpha value is -6.01. The van der Waals surface area contributed by atoms with E-state index in [1.54, 1.807) is 12.1 Å². The zero-order chi connectivity index (χ0) is 35.1. The highest BCUT2D eigenvalue weighted by molar-refractivity contribution is 5.91. The van der Waals surface area contributed by atoms with Gasteiger partial charge in [0.15, 0.2) is 0 Å². The number of alkyl carbamates (subject to hydrolysis) is 1. The molecule has 0 unspecified atom stereocenters. The number of carbonyl (C=O) groups is 5. The van der Waals surface area contributed by atoms with E-state index in [1.807, 2.05) is 97.1 Å². The molecule has 0 spiro atoms. The monoisotopic (exact) mass is 678 g/mol. The van der Waals surface area contributed by atoms with Gasteiger partial charge < -0.3 is 35.5 Å². The SMILES string of the molecule is O=C(CNC(=O)OCC1c2ccccc2-c2ccccc21)NCC(=O)N[C@@H](Cc1ccccc1)C(=O)NCOCC(=O)OCc1ccccc1. The summed E-state index contributed by atoms with van der Waals surface area (Å²) in [5.41, 5.74) is 5.95. The van der Waals surface area contributed by atoms with Crippen molar-refractivity contribution in [3.8, 4) is 11.1 Å². The normalized spacial score (nSPS) is 12.1. The van der Waals surface area contributed by atoms with Gasteiger partial charge >= 0.3 is 12.1 Å². The van der Waals surface area contributed by atoms with Gasteiger partial charge in [0.25, 0.3) is 0 Å². The molecule has 1 atom stereocenters. The van der Waals surface area contributed by atoms with Crippen molar-refractivity contribution in [2.75, 3.05) is 33.0 Å². The minimum atomic E-state index is -1.01. The summed E-state index contributed by atoms with van der Waals surface area (Å²) in [7, 11) is 0. The molecule has 0 bridgehead atoms. The Morgan fingerprint density at radius 2 is 1.20 bits per heavy atom. The van der Waals surface area contributed by atoms with E-state index in [4.69, 9.17) is 14.2 Å². The van der Waals surface area contributed by atoms with Crippen LogP contribution in [0.5, 0.6) is 0 Å². The first-order chi connectivity index (χ1) is 24.4. The average Bonchev–Trinajstić information content (AvgIpc) is 3.47. The minimum Gasteiger partial charge on any atom is -0.459 e. The molecule has 0 fully saturated rings. The van der Waals surface area contributed by atoms with Gasteiger partial charge in [0.05, 0.1) is 6.54 Å². The first kappa shape index (κ1) is 35.3. The fourth-order valence-electron chi connectivity index (χ4n) is 5.51. The van der Waals surface area contributed by atoms with E-state index >= 15 is 0 Å². The van der Waals surface area contributed by atoms with Gasteiger partial charge in [-0.2, -0.15) is 0 Å². The molecule has 0 aromatic heterocycles. The van der Waals surface area contributed by atoms with Crippen molar-refractivity contribution >= 4 is 29.8 Å². The van der Waals surface area contributed by atoms with Crippen molar-refractivity contribution < 1.29 is 38.2 Å². The van der Waals surface area contributed by atoms with Gasteiger partial charge in [-0.25, -0.2) is 9.59 Å². The van der Waals surface area contributed by atoms with Gasteiger partial charge in [-0.15, -0.1) is 0 Å². The molecule has 4 amide bonds. The molecular formula is C38H38N4O8. The Bertz CT molecular complexity index is 1740. The summed E-state index contributed by atoms with van der Waals surface area (Å²) >= 11 is 0. The number of carbonyl (C=O) groups excluding carboxylic acids is 5. The number of hydrogen-bond acceptors (Lipinski definition) is 8. The van der Waals surface area contributed by atoms with Gasteiger partial charge in [0, 0.05) is 12.3 Å². The lowest BCUT2D eigenvalue weighted by Gasteiger charge is -2.19. The third-order valence-electron chi connectivity index (χ3n) is 7.93. The third-order valence-corrected chi connectivity index (χ3v) is 7.93. The third kappa shape index (κ3) is 10.2. The lowest BCUT2D eigenvalue weighted by Crippen LogP contribution is -2.51. The van der Waals surface area contributed by atoms with Gasteiger partial charge in [-0.1, -0.05) is 109 Å². The maximum Gasteiger partial charge on any atom is 0.407 e. The number of esters is 1. The van der Waals surface area contributed by atoms with Crippen LogP contribution < -0.4 is 21.3 Å². The van der Waals surface area contributed by atoms with Crippen LogP contribution in [0.4, 0.5) is 4.79 Å². The summed E-state index contributed by atoms with van der Waals surface area (Å²) in [6.45, 7) is -1.32. The molecule has 1 aliphatic rings. The van der Waals surface area contributed by atoms with Crippen LogP contribution in [0.2, 0.25) is 0 Å². The zero-order valence-corrected chi connectivity index (χ0v) is 27.3. The smallest absolute Gasteiger partial charge is 0.407 e. The van der Waals surface area contributed by atoms with Crippen molar-refractivity contribution in [2.24, 2.45) is 0 Å². The number of ether oxygens (including phenoxy) is 3. The Balaban J connectivity index is 1.02. The second kappa shape index (κ2) is 17.9. The predicted molar refractivity (Wildman–Crippen MR) is 183 cm³/mol. The molecule has 258 valence electrons. The zero-order valence-electron chi connectivity index (χ0n) is 27.3. The van der Waals surface area contributed by atoms with E-state index in [9.17, 15) is 24.0 Å². The summed E-state index contributed by atoms with van der Waals surface area (Å²) in [5.74, 6) is -2.52. The van der Waals surface area contributed by atoms with Crippen LogP contribution in [-0.2, 0) is 46.4 Å². The Morgan fingerprint density at radius 3 is 1.86 bits per heavy atom. The lowest BCUT2D eigenvalue weighted by molar-refractivity contribution is -0.151. The van der Waals surface area contributed by atoms with E-state index in [0.29, 0.717) is 0 Å². The van der Waals surface area contributed by atoms with Crippen LogP contribution >= 0.6 is 0 Å². The molecule has 0 saturated heterocycles. The molecule has 0 aliphatic heterocycles. The van der Waals surface area contributed by atoms with Crippen LogP contribution in [0.1, 0.15) is 28.2 Å². The quantitative estimate of drug-likeness (QED) is 0.0799. The van der Waals surface area contributed by atoms with Crippen molar-refractivity contribution in [1.82, 2.24) is 21.3 Å². The van der Waals surface area contributed by atoms with Crippen molar-refractivity contribution in [3.63, 3.8) is 0 Å². The van der Waals surface area contributed by atoms with Crippen LogP contribution in [0.15, 0.2) is 109 Å². The van der Waals surface area contributed by atoms with E-state index < -0.39 is 48.9 Å². The summed E-state index contributed by atoms with van der Waals surface area (Å²) in [6, 6.07) is 33.1. The second-order valence-corrected chi connectivity index (χ2v) is 11.4. The molecule has 5 rings (SSSR count). The fourth-order valence-corrected chi connectivity index (χ4v) is 5.51. The van der Waals surface area contributed by atoms with Gasteiger partial charge in [-0.3, -0.25) is 14.4 Å². The molecule has 12 nitrogen and oxygen atoms in total. The Kier molecular flexibility index (Phi) is 12.7. The Morgan fingerprint density at radius 1 is 0.620 bits per heavy atom. The molecule has 0 saturated carbocycles. The van der Waals surface area contributed by atoms with Gasteiger partial charge in [-0.05, 0) is 33.4 Å². The van der Waals surface area contributed by atoms with Crippen LogP contribution in [-0.4, -0.2) is 68.9 Å². The van der Waals surface area contributed by atoms with Crippen molar-refractivity contribution in [1.29, 1.82) is 0 Å². The minimum absolute atomic E-state index is 0.0954. The van der Waals surface area contributed by atoms with E-state index in [-0.39, 0.29) is 38.9 Å². The van der Waals surface area contributed by atoms with E-state index in [1.165, 1.54) is 0 Å². The standard InChI is InChI=1S/C38H38N4O8/c43-34(20-40-38(47)50-23-32-30-17-9-7-15-28(30)29-16-8-10-18-31(29)32)39-21-35(44)42-33(19-26-11-3-1-4-12-26)37(46)41-25-48-24-36(45)49-22-27-13-5-2-6-14-27/h1-18,32-33H,19-25H2,(H,39,43)(H,40,47)(H,41,46)(H,42,44)/t33-/m0/s1. The predicted octanol–water partition coefficient (Wildman–Crippen LogP) is 3.20. The maximum absolute atomic E-state index is 13.0. The summed E-state index contributed by atoms with van der Waals surface area (Å²) in [4.78, 5) is 62.5. The number of rotatable bonds is 16.